The summed E-state index contributed by atoms with van der Waals surface area (Å²) < 4.78 is 27.9. The van der Waals surface area contributed by atoms with Crippen LogP contribution in [-0.4, -0.2) is 27.7 Å². The molecule has 0 radical (unpaired) electrons. The Balaban J connectivity index is 2.38. The second-order valence-electron chi connectivity index (χ2n) is 7.61. The van der Waals surface area contributed by atoms with Crippen LogP contribution in [0.25, 0.3) is 0 Å². The Morgan fingerprint density at radius 1 is 1.04 bits per heavy atom. The molecule has 0 saturated carbocycles. The molecule has 150 valence electrons. The number of benzene rings is 1. The van der Waals surface area contributed by atoms with Gasteiger partial charge in [0.05, 0.1) is 11.3 Å². The fraction of sp³-hybridized carbons (Fsp3) is 0.350. The molecule has 1 aromatic heterocycles. The van der Waals surface area contributed by atoms with E-state index in [-0.39, 0.29) is 16.9 Å². The lowest BCUT2D eigenvalue weighted by Gasteiger charge is -2.20. The summed E-state index contributed by atoms with van der Waals surface area (Å²) in [5.74, 6) is -4.24. The van der Waals surface area contributed by atoms with Crippen LogP contribution in [-0.2, 0) is 11.8 Å². The summed E-state index contributed by atoms with van der Waals surface area (Å²) in [6.45, 7) is 8.45. The number of amides is 2. The highest BCUT2D eigenvalue weighted by atomic mass is 19.2. The van der Waals surface area contributed by atoms with Gasteiger partial charge in [-0.1, -0.05) is 0 Å². The summed E-state index contributed by atoms with van der Waals surface area (Å²) in [6.07, 6.45) is 0. The van der Waals surface area contributed by atoms with Crippen molar-refractivity contribution in [3.05, 3.63) is 52.3 Å². The van der Waals surface area contributed by atoms with Crippen molar-refractivity contribution in [1.82, 2.24) is 9.88 Å². The average molecular weight is 391 g/mol. The van der Waals surface area contributed by atoms with E-state index in [0.29, 0.717) is 11.3 Å². The molecule has 0 saturated heterocycles. The zero-order chi connectivity index (χ0) is 21.4. The quantitative estimate of drug-likeness (QED) is 0.620. The number of nitrogens with zero attached hydrogens (tertiary/aromatic N) is 1. The van der Waals surface area contributed by atoms with Gasteiger partial charge < -0.3 is 15.2 Å². The summed E-state index contributed by atoms with van der Waals surface area (Å²) in [7, 11) is 1.58. The van der Waals surface area contributed by atoms with E-state index in [1.165, 1.54) is 10.6 Å². The van der Waals surface area contributed by atoms with Crippen LogP contribution in [0.2, 0.25) is 0 Å². The second kappa shape index (κ2) is 7.53. The molecule has 6 nitrogen and oxygen atoms in total. The standard InChI is InChI=1S/C20H23F2N3O3/c1-10-15(18(27)23-12-7-8-13(21)14(22)9-12)11(2)25(6)16(10)17(26)19(28)24-20(3,4)5/h7-9H,1-6H3,(H,23,27)(H,24,28). The molecule has 28 heavy (non-hydrogen) atoms. The van der Waals surface area contributed by atoms with Gasteiger partial charge in [0.25, 0.3) is 17.6 Å². The maximum absolute atomic E-state index is 13.4. The lowest BCUT2D eigenvalue weighted by atomic mass is 10.1. The zero-order valence-electron chi connectivity index (χ0n) is 16.7. The molecule has 0 aliphatic rings. The smallest absolute Gasteiger partial charge is 0.294 e. The minimum Gasteiger partial charge on any atom is -0.345 e. The predicted molar refractivity (Wildman–Crippen MR) is 101 cm³/mol. The van der Waals surface area contributed by atoms with Gasteiger partial charge in [0.15, 0.2) is 11.6 Å². The average Bonchev–Trinajstić information content (AvgIpc) is 2.78. The maximum Gasteiger partial charge on any atom is 0.294 e. The van der Waals surface area contributed by atoms with Gasteiger partial charge in [-0.15, -0.1) is 0 Å². The van der Waals surface area contributed by atoms with Crippen LogP contribution in [0.1, 0.15) is 52.9 Å². The summed E-state index contributed by atoms with van der Waals surface area (Å²) >= 11 is 0. The first kappa shape index (κ1) is 21.3. The number of carbonyl (C=O) groups is 3. The molecule has 1 aromatic carbocycles. The van der Waals surface area contributed by atoms with E-state index >= 15 is 0 Å². The summed E-state index contributed by atoms with van der Waals surface area (Å²) in [5.41, 5.74) is 0.561. The van der Waals surface area contributed by atoms with E-state index in [0.717, 1.165) is 12.1 Å². The van der Waals surface area contributed by atoms with Crippen LogP contribution >= 0.6 is 0 Å². The third kappa shape index (κ3) is 4.27. The zero-order valence-corrected chi connectivity index (χ0v) is 16.7. The third-order valence-electron chi connectivity index (χ3n) is 4.24. The molecule has 1 heterocycles. The molecular weight excluding hydrogens is 368 g/mol. The number of aromatic nitrogens is 1. The number of anilines is 1. The van der Waals surface area contributed by atoms with Gasteiger partial charge in [0.2, 0.25) is 0 Å². The van der Waals surface area contributed by atoms with Crippen molar-refractivity contribution in [3.63, 3.8) is 0 Å². The first-order chi connectivity index (χ1) is 12.8. The normalized spacial score (nSPS) is 11.3. The Morgan fingerprint density at radius 2 is 1.64 bits per heavy atom. The van der Waals surface area contributed by atoms with E-state index in [9.17, 15) is 23.2 Å². The molecule has 0 unspecified atom stereocenters. The molecular formula is C20H23F2N3O3. The number of nitrogens with one attached hydrogen (secondary N) is 2. The van der Waals surface area contributed by atoms with Crippen LogP contribution < -0.4 is 10.6 Å². The van der Waals surface area contributed by atoms with Crippen molar-refractivity contribution in [1.29, 1.82) is 0 Å². The molecule has 2 aromatic rings. The number of Topliss-reactive ketones (excluding diaryl/α,β-unsaturated/α-hetero) is 1. The summed E-state index contributed by atoms with van der Waals surface area (Å²) in [6, 6.07) is 3.00. The van der Waals surface area contributed by atoms with Gasteiger partial charge in [-0.3, -0.25) is 14.4 Å². The fourth-order valence-corrected chi connectivity index (χ4v) is 2.91. The van der Waals surface area contributed by atoms with Gasteiger partial charge in [-0.05, 0) is 52.3 Å². The van der Waals surface area contributed by atoms with E-state index in [1.54, 1.807) is 41.7 Å². The molecule has 2 rings (SSSR count). The van der Waals surface area contributed by atoms with Crippen molar-refractivity contribution >= 4 is 23.3 Å². The van der Waals surface area contributed by atoms with Crippen molar-refractivity contribution in [2.24, 2.45) is 7.05 Å². The number of rotatable bonds is 4. The molecule has 0 spiro atoms. The van der Waals surface area contributed by atoms with Crippen molar-refractivity contribution in [2.75, 3.05) is 5.32 Å². The Morgan fingerprint density at radius 3 is 2.18 bits per heavy atom. The number of carbonyl (C=O) groups excluding carboxylic acids is 3. The SMILES string of the molecule is Cc1c(C(=O)Nc2ccc(F)c(F)c2)c(C)n(C)c1C(=O)C(=O)NC(C)(C)C. The largest absolute Gasteiger partial charge is 0.345 e. The topological polar surface area (TPSA) is 80.2 Å². The molecule has 0 aliphatic carbocycles. The lowest BCUT2D eigenvalue weighted by Crippen LogP contribution is -2.44. The van der Waals surface area contributed by atoms with Crippen LogP contribution in [0.4, 0.5) is 14.5 Å². The van der Waals surface area contributed by atoms with E-state index in [2.05, 4.69) is 10.6 Å². The van der Waals surface area contributed by atoms with Crippen LogP contribution in [0.3, 0.4) is 0 Å². The minimum atomic E-state index is -1.09. The third-order valence-corrected chi connectivity index (χ3v) is 4.24. The summed E-state index contributed by atoms with van der Waals surface area (Å²) in [4.78, 5) is 37.6. The first-order valence-electron chi connectivity index (χ1n) is 8.62. The molecule has 0 atom stereocenters. The minimum absolute atomic E-state index is 0.0740. The van der Waals surface area contributed by atoms with E-state index in [1.807, 2.05) is 0 Å². The highest BCUT2D eigenvalue weighted by molar-refractivity contribution is 6.43. The maximum atomic E-state index is 13.4. The van der Waals surface area contributed by atoms with Crippen molar-refractivity contribution < 1.29 is 23.2 Å². The Labute approximate surface area is 161 Å². The molecule has 0 aliphatic heterocycles. The van der Waals surface area contributed by atoms with Crippen LogP contribution in [0.15, 0.2) is 18.2 Å². The predicted octanol–water partition coefficient (Wildman–Crippen LogP) is 3.27. The van der Waals surface area contributed by atoms with Gasteiger partial charge in [0.1, 0.15) is 0 Å². The highest BCUT2D eigenvalue weighted by Crippen LogP contribution is 2.24. The molecule has 2 amide bonds. The number of hydrogen-bond acceptors (Lipinski definition) is 3. The Kier molecular flexibility index (Phi) is 5.72. The molecule has 0 fully saturated rings. The number of ketones is 1. The Bertz CT molecular complexity index is 972. The van der Waals surface area contributed by atoms with E-state index in [4.69, 9.17) is 0 Å². The van der Waals surface area contributed by atoms with Crippen LogP contribution in [0, 0.1) is 25.5 Å². The second-order valence-corrected chi connectivity index (χ2v) is 7.61. The van der Waals surface area contributed by atoms with Crippen LogP contribution in [0.5, 0.6) is 0 Å². The van der Waals surface area contributed by atoms with Gasteiger partial charge in [-0.2, -0.15) is 0 Å². The fourth-order valence-electron chi connectivity index (χ4n) is 2.91. The van der Waals surface area contributed by atoms with Gasteiger partial charge >= 0.3 is 0 Å². The Hall–Kier alpha value is -3.03. The summed E-state index contributed by atoms with van der Waals surface area (Å²) in [5, 5.41) is 5.09. The van der Waals surface area contributed by atoms with Crippen molar-refractivity contribution in [3.8, 4) is 0 Å². The number of halogens is 2. The number of hydrogen-bond donors (Lipinski definition) is 2. The monoisotopic (exact) mass is 391 g/mol. The van der Waals surface area contributed by atoms with Gasteiger partial charge in [-0.25, -0.2) is 8.78 Å². The molecule has 0 bridgehead atoms. The van der Waals surface area contributed by atoms with Crippen molar-refractivity contribution in [2.45, 2.75) is 40.2 Å². The molecule has 8 heteroatoms. The highest BCUT2D eigenvalue weighted by Gasteiger charge is 2.30. The lowest BCUT2D eigenvalue weighted by molar-refractivity contribution is -0.118. The van der Waals surface area contributed by atoms with Gasteiger partial charge in [0, 0.05) is 30.0 Å². The van der Waals surface area contributed by atoms with E-state index < -0.39 is 34.8 Å². The molecule has 2 N–H and O–H groups in total. The first-order valence-corrected chi connectivity index (χ1v) is 8.62.